The van der Waals surface area contributed by atoms with Gasteiger partial charge in [0, 0.05) is 32.3 Å². The summed E-state index contributed by atoms with van der Waals surface area (Å²) in [4.78, 5) is 9.46. The lowest BCUT2D eigenvalue weighted by molar-refractivity contribution is 0.268. The van der Waals surface area contributed by atoms with E-state index in [2.05, 4.69) is 34.0 Å². The third-order valence-electron chi connectivity index (χ3n) is 4.45. The minimum Gasteiger partial charge on any atom is -0.347 e. The molecule has 1 unspecified atom stereocenters. The van der Waals surface area contributed by atoms with Crippen LogP contribution in [-0.2, 0) is 6.42 Å². The summed E-state index contributed by atoms with van der Waals surface area (Å²) < 4.78 is 7.98. The van der Waals surface area contributed by atoms with Gasteiger partial charge in [-0.2, -0.15) is 0 Å². The second-order valence-electron chi connectivity index (χ2n) is 5.76. The van der Waals surface area contributed by atoms with Crippen molar-refractivity contribution >= 4 is 5.82 Å². The molecule has 1 saturated heterocycles. The van der Waals surface area contributed by atoms with Crippen molar-refractivity contribution in [3.8, 4) is 0 Å². The zero-order chi connectivity index (χ0) is 14.4. The number of nitrogens with zero attached hydrogens (tertiary/aromatic N) is 3. The van der Waals surface area contributed by atoms with Gasteiger partial charge in [0.1, 0.15) is 5.82 Å². The standard InChI is InChI=1S/C17H19N3/c1-19-9-10-20-16(12-19)15-7-3-2-5-13(15)11-14-6-4-8-18-17(14)20/h2-8,16H,9-12H2,1H3/i3D. The molecular formula is C17H19N3. The van der Waals surface area contributed by atoms with Gasteiger partial charge in [-0.15, -0.1) is 0 Å². The van der Waals surface area contributed by atoms with Crippen molar-refractivity contribution in [2.24, 2.45) is 0 Å². The van der Waals surface area contributed by atoms with Crippen molar-refractivity contribution in [3.05, 3.63) is 59.3 Å². The summed E-state index contributed by atoms with van der Waals surface area (Å²) in [5.74, 6) is 1.12. The highest BCUT2D eigenvalue weighted by Gasteiger charge is 2.32. The Balaban J connectivity index is 1.91. The van der Waals surface area contributed by atoms with Crippen molar-refractivity contribution in [2.75, 3.05) is 31.6 Å². The molecule has 4 rings (SSSR count). The molecule has 2 aromatic rings. The van der Waals surface area contributed by atoms with Crippen LogP contribution in [0.3, 0.4) is 0 Å². The topological polar surface area (TPSA) is 19.4 Å². The van der Waals surface area contributed by atoms with Crippen molar-refractivity contribution in [1.29, 1.82) is 0 Å². The average molecular weight is 266 g/mol. The molecule has 0 bridgehead atoms. The molecule has 20 heavy (non-hydrogen) atoms. The van der Waals surface area contributed by atoms with Crippen LogP contribution in [0.2, 0.25) is 0 Å². The third kappa shape index (κ3) is 1.81. The van der Waals surface area contributed by atoms with Gasteiger partial charge in [0.2, 0.25) is 0 Å². The molecule has 3 heterocycles. The average Bonchev–Trinajstić information content (AvgIpc) is 2.62. The number of fused-ring (bicyclic) bond motifs is 5. The minimum atomic E-state index is 0.306. The Morgan fingerprint density at radius 3 is 3.05 bits per heavy atom. The van der Waals surface area contributed by atoms with Gasteiger partial charge in [-0.25, -0.2) is 4.98 Å². The maximum absolute atomic E-state index is 7.98. The fourth-order valence-corrected chi connectivity index (χ4v) is 3.42. The number of piperazine rings is 1. The highest BCUT2D eigenvalue weighted by molar-refractivity contribution is 5.56. The summed E-state index contributed by atoms with van der Waals surface area (Å²) in [6.45, 7) is 3.04. The van der Waals surface area contributed by atoms with E-state index in [9.17, 15) is 0 Å². The van der Waals surface area contributed by atoms with E-state index in [1.54, 1.807) is 0 Å². The molecule has 102 valence electrons. The van der Waals surface area contributed by atoms with Crippen LogP contribution in [0.15, 0.2) is 42.6 Å². The molecule has 0 radical (unpaired) electrons. The van der Waals surface area contributed by atoms with Crippen LogP contribution >= 0.6 is 0 Å². The number of benzene rings is 1. The lowest BCUT2D eigenvalue weighted by Crippen LogP contribution is -2.47. The molecule has 0 spiro atoms. The number of hydrogen-bond donors (Lipinski definition) is 0. The number of hydrogen-bond acceptors (Lipinski definition) is 3. The Morgan fingerprint density at radius 2 is 2.10 bits per heavy atom. The summed E-state index contributed by atoms with van der Waals surface area (Å²) in [5, 5.41) is 0. The molecule has 0 saturated carbocycles. The minimum absolute atomic E-state index is 0.306. The molecule has 1 atom stereocenters. The normalized spacial score (nSPS) is 22.4. The molecule has 3 nitrogen and oxygen atoms in total. The Labute approximate surface area is 121 Å². The quantitative estimate of drug-likeness (QED) is 0.730. The first-order valence-electron chi connectivity index (χ1n) is 7.71. The molecule has 3 heteroatoms. The first-order valence-corrected chi connectivity index (χ1v) is 7.21. The van der Waals surface area contributed by atoms with E-state index in [0.717, 1.165) is 31.9 Å². The van der Waals surface area contributed by atoms with Gasteiger partial charge in [0.25, 0.3) is 0 Å². The summed E-state index contributed by atoms with van der Waals surface area (Å²) in [5.41, 5.74) is 3.93. The summed E-state index contributed by atoms with van der Waals surface area (Å²) in [7, 11) is 2.17. The molecular weight excluding hydrogens is 246 g/mol. The second-order valence-corrected chi connectivity index (χ2v) is 5.76. The smallest absolute Gasteiger partial charge is 0.132 e. The SMILES string of the molecule is [2H]c1ccc2c(c1)C1CN(C)CCN1c1ncccc1C2. The predicted octanol–water partition coefficient (Wildman–Crippen LogP) is 2.48. The number of aromatic nitrogens is 1. The van der Waals surface area contributed by atoms with Crippen molar-refractivity contribution in [3.63, 3.8) is 0 Å². The van der Waals surface area contributed by atoms with Gasteiger partial charge in [-0.3, -0.25) is 0 Å². The fourth-order valence-electron chi connectivity index (χ4n) is 3.42. The van der Waals surface area contributed by atoms with Gasteiger partial charge in [0.15, 0.2) is 0 Å². The van der Waals surface area contributed by atoms with E-state index in [4.69, 9.17) is 1.37 Å². The molecule has 2 aliphatic heterocycles. The first-order chi connectivity index (χ1) is 10.2. The van der Waals surface area contributed by atoms with E-state index in [0.29, 0.717) is 12.1 Å². The zero-order valence-corrected chi connectivity index (χ0v) is 11.7. The van der Waals surface area contributed by atoms with Gasteiger partial charge in [-0.05, 0) is 29.8 Å². The maximum atomic E-state index is 7.98. The molecule has 1 fully saturated rings. The van der Waals surface area contributed by atoms with Crippen LogP contribution in [-0.4, -0.2) is 36.6 Å². The Hall–Kier alpha value is -1.87. The molecule has 1 aromatic carbocycles. The van der Waals surface area contributed by atoms with E-state index in [1.807, 2.05) is 24.4 Å². The van der Waals surface area contributed by atoms with Crippen LogP contribution in [0.4, 0.5) is 5.82 Å². The van der Waals surface area contributed by atoms with Crippen LogP contribution in [0.5, 0.6) is 0 Å². The Bertz CT molecular complexity index is 685. The van der Waals surface area contributed by atoms with Crippen LogP contribution in [0.1, 0.15) is 24.1 Å². The van der Waals surface area contributed by atoms with Gasteiger partial charge in [-0.1, -0.05) is 30.3 Å². The number of pyridine rings is 1. The molecule has 1 aromatic heterocycles. The fraction of sp³-hybridized carbons (Fsp3) is 0.353. The monoisotopic (exact) mass is 266 g/mol. The number of anilines is 1. The predicted molar refractivity (Wildman–Crippen MR) is 81.1 cm³/mol. The lowest BCUT2D eigenvalue weighted by atomic mass is 9.96. The van der Waals surface area contributed by atoms with Crippen molar-refractivity contribution in [1.82, 2.24) is 9.88 Å². The van der Waals surface area contributed by atoms with Crippen molar-refractivity contribution in [2.45, 2.75) is 12.5 Å². The number of rotatable bonds is 0. The van der Waals surface area contributed by atoms with Gasteiger partial charge < -0.3 is 9.80 Å². The summed E-state index contributed by atoms with van der Waals surface area (Å²) >= 11 is 0. The first kappa shape index (κ1) is 10.9. The molecule has 2 aliphatic rings. The summed E-state index contributed by atoms with van der Waals surface area (Å²) in [6, 6.07) is 11.2. The van der Waals surface area contributed by atoms with Crippen LogP contribution < -0.4 is 4.90 Å². The van der Waals surface area contributed by atoms with Crippen LogP contribution in [0.25, 0.3) is 0 Å². The molecule has 0 N–H and O–H groups in total. The van der Waals surface area contributed by atoms with Crippen molar-refractivity contribution < 1.29 is 1.37 Å². The van der Waals surface area contributed by atoms with E-state index in [1.165, 1.54) is 16.7 Å². The zero-order valence-electron chi connectivity index (χ0n) is 12.7. The van der Waals surface area contributed by atoms with Gasteiger partial charge >= 0.3 is 0 Å². The maximum Gasteiger partial charge on any atom is 0.132 e. The highest BCUT2D eigenvalue weighted by atomic mass is 15.3. The van der Waals surface area contributed by atoms with Crippen LogP contribution in [0, 0.1) is 0 Å². The Morgan fingerprint density at radius 1 is 1.20 bits per heavy atom. The van der Waals surface area contributed by atoms with E-state index < -0.39 is 0 Å². The highest BCUT2D eigenvalue weighted by Crippen LogP contribution is 2.37. The lowest BCUT2D eigenvalue weighted by Gasteiger charge is -2.41. The Kier molecular flexibility index (Phi) is 2.50. The summed E-state index contributed by atoms with van der Waals surface area (Å²) in [6.07, 6.45) is 2.80. The number of likely N-dealkylation sites (N-methyl/N-ethyl adjacent to an activating group) is 1. The largest absolute Gasteiger partial charge is 0.347 e. The molecule has 0 amide bonds. The van der Waals surface area contributed by atoms with Gasteiger partial charge in [0.05, 0.1) is 7.41 Å². The third-order valence-corrected chi connectivity index (χ3v) is 4.45. The molecule has 0 aliphatic carbocycles. The second kappa shape index (κ2) is 4.60. The van der Waals surface area contributed by atoms with E-state index >= 15 is 0 Å². The van der Waals surface area contributed by atoms with E-state index in [-0.39, 0.29) is 0 Å².